The van der Waals surface area contributed by atoms with Gasteiger partial charge in [-0.3, -0.25) is 0 Å². The molecule has 2 aromatic rings. The van der Waals surface area contributed by atoms with Crippen LogP contribution in [0.1, 0.15) is 32.6 Å². The van der Waals surface area contributed by atoms with Crippen LogP contribution in [-0.4, -0.2) is 18.1 Å². The first-order valence-corrected chi connectivity index (χ1v) is 7.47. The summed E-state index contributed by atoms with van der Waals surface area (Å²) in [7, 11) is 1.70. The van der Waals surface area contributed by atoms with Crippen LogP contribution in [0.25, 0.3) is 10.8 Å². The van der Waals surface area contributed by atoms with Gasteiger partial charge in [-0.25, -0.2) is 4.98 Å². The van der Waals surface area contributed by atoms with Crippen molar-refractivity contribution >= 4 is 16.6 Å². The number of nitrogens with one attached hydrogen (secondary N) is 1. The van der Waals surface area contributed by atoms with Gasteiger partial charge in [0.25, 0.3) is 0 Å². The predicted octanol–water partition coefficient (Wildman–Crippen LogP) is 4.23. The number of benzene rings is 1. The molecule has 1 fully saturated rings. The highest BCUT2D eigenvalue weighted by Crippen LogP contribution is 2.30. The van der Waals surface area contributed by atoms with Crippen LogP contribution in [0.2, 0.25) is 0 Å². The molecular weight excluding hydrogens is 248 g/mol. The van der Waals surface area contributed by atoms with Gasteiger partial charge in [-0.1, -0.05) is 25.8 Å². The van der Waals surface area contributed by atoms with Crippen LogP contribution in [0.5, 0.6) is 5.75 Å². The maximum Gasteiger partial charge on any atom is 0.134 e. The molecule has 0 aliphatic heterocycles. The van der Waals surface area contributed by atoms with Gasteiger partial charge < -0.3 is 10.1 Å². The third kappa shape index (κ3) is 2.58. The zero-order chi connectivity index (χ0) is 13.9. The Morgan fingerprint density at radius 1 is 1.20 bits per heavy atom. The van der Waals surface area contributed by atoms with E-state index in [4.69, 9.17) is 4.74 Å². The van der Waals surface area contributed by atoms with Gasteiger partial charge in [-0.2, -0.15) is 0 Å². The standard InChI is InChI=1S/C17H22N2O/c1-12-5-3-4-6-16(12)19-17-15-11-14(20-2)8-7-13(15)9-10-18-17/h7-12,16H,3-6H2,1-2H3,(H,18,19). The van der Waals surface area contributed by atoms with Gasteiger partial charge in [-0.15, -0.1) is 0 Å². The van der Waals surface area contributed by atoms with E-state index in [1.165, 1.54) is 31.1 Å². The Kier molecular flexibility index (Phi) is 3.77. The highest BCUT2D eigenvalue weighted by atomic mass is 16.5. The zero-order valence-corrected chi connectivity index (χ0v) is 12.2. The van der Waals surface area contributed by atoms with Crippen LogP contribution in [-0.2, 0) is 0 Å². The van der Waals surface area contributed by atoms with Crippen molar-refractivity contribution in [2.75, 3.05) is 12.4 Å². The summed E-state index contributed by atoms with van der Waals surface area (Å²) in [6.45, 7) is 2.34. The Bertz CT molecular complexity index is 597. The van der Waals surface area contributed by atoms with E-state index in [0.717, 1.165) is 17.0 Å². The largest absolute Gasteiger partial charge is 0.497 e. The lowest BCUT2D eigenvalue weighted by Gasteiger charge is -2.30. The normalized spacial score (nSPS) is 22.7. The summed E-state index contributed by atoms with van der Waals surface area (Å²) in [6.07, 6.45) is 7.10. The highest BCUT2D eigenvalue weighted by Gasteiger charge is 2.21. The number of nitrogens with zero attached hydrogens (tertiary/aromatic N) is 1. The van der Waals surface area contributed by atoms with Crippen LogP contribution in [0, 0.1) is 5.92 Å². The minimum absolute atomic E-state index is 0.535. The molecule has 1 aliphatic carbocycles. The van der Waals surface area contributed by atoms with Crippen LogP contribution in [0.4, 0.5) is 5.82 Å². The molecule has 106 valence electrons. The third-order valence-electron chi connectivity index (χ3n) is 4.41. The van der Waals surface area contributed by atoms with E-state index < -0.39 is 0 Å². The van der Waals surface area contributed by atoms with Crippen LogP contribution in [0.15, 0.2) is 30.5 Å². The summed E-state index contributed by atoms with van der Waals surface area (Å²) in [6, 6.07) is 8.73. The third-order valence-corrected chi connectivity index (χ3v) is 4.41. The molecule has 3 rings (SSSR count). The molecule has 0 bridgehead atoms. The predicted molar refractivity (Wildman–Crippen MR) is 83.3 cm³/mol. The minimum atomic E-state index is 0.535. The molecule has 1 aromatic carbocycles. The SMILES string of the molecule is COc1ccc2ccnc(NC3CCCCC3C)c2c1. The lowest BCUT2D eigenvalue weighted by Crippen LogP contribution is -2.30. The Balaban J connectivity index is 1.93. The fourth-order valence-corrected chi connectivity index (χ4v) is 3.10. The summed E-state index contributed by atoms with van der Waals surface area (Å²) in [4.78, 5) is 4.54. The molecule has 2 atom stereocenters. The molecule has 0 amide bonds. The quantitative estimate of drug-likeness (QED) is 0.906. The minimum Gasteiger partial charge on any atom is -0.497 e. The smallest absolute Gasteiger partial charge is 0.134 e. The number of ether oxygens (including phenoxy) is 1. The van der Waals surface area contributed by atoms with E-state index in [1.807, 2.05) is 18.3 Å². The van der Waals surface area contributed by atoms with E-state index in [1.54, 1.807) is 7.11 Å². The highest BCUT2D eigenvalue weighted by molar-refractivity contribution is 5.92. The monoisotopic (exact) mass is 270 g/mol. The fraction of sp³-hybridized carbons (Fsp3) is 0.471. The maximum absolute atomic E-state index is 5.33. The Labute approximate surface area is 120 Å². The molecule has 0 spiro atoms. The van der Waals surface area contributed by atoms with Crippen molar-refractivity contribution in [3.8, 4) is 5.75 Å². The van der Waals surface area contributed by atoms with Crippen LogP contribution < -0.4 is 10.1 Å². The van der Waals surface area contributed by atoms with Crippen molar-refractivity contribution in [1.82, 2.24) is 4.98 Å². The maximum atomic E-state index is 5.33. The second kappa shape index (κ2) is 5.70. The van der Waals surface area contributed by atoms with Gasteiger partial charge in [0.15, 0.2) is 0 Å². The molecule has 1 heterocycles. The van der Waals surface area contributed by atoms with Crippen molar-refractivity contribution in [3.05, 3.63) is 30.5 Å². The van der Waals surface area contributed by atoms with Gasteiger partial charge >= 0.3 is 0 Å². The summed E-state index contributed by atoms with van der Waals surface area (Å²) < 4.78 is 5.33. The molecule has 1 saturated carbocycles. The Morgan fingerprint density at radius 3 is 2.85 bits per heavy atom. The first-order chi connectivity index (χ1) is 9.78. The second-order valence-corrected chi connectivity index (χ2v) is 5.76. The number of aromatic nitrogens is 1. The average Bonchev–Trinajstić information content (AvgIpc) is 2.49. The molecule has 0 saturated heterocycles. The number of methoxy groups -OCH3 is 1. The van der Waals surface area contributed by atoms with Crippen molar-refractivity contribution < 1.29 is 4.74 Å². The fourth-order valence-electron chi connectivity index (χ4n) is 3.10. The molecule has 3 nitrogen and oxygen atoms in total. The van der Waals surface area contributed by atoms with Crippen molar-refractivity contribution in [2.45, 2.75) is 38.6 Å². The average molecular weight is 270 g/mol. The van der Waals surface area contributed by atoms with E-state index >= 15 is 0 Å². The number of anilines is 1. The van der Waals surface area contributed by atoms with Gasteiger partial charge in [0.05, 0.1) is 7.11 Å². The van der Waals surface area contributed by atoms with Crippen LogP contribution >= 0.6 is 0 Å². The number of rotatable bonds is 3. The van der Waals surface area contributed by atoms with Crippen molar-refractivity contribution in [2.24, 2.45) is 5.92 Å². The molecule has 2 unspecified atom stereocenters. The molecule has 1 aliphatic rings. The molecule has 0 radical (unpaired) electrons. The first-order valence-electron chi connectivity index (χ1n) is 7.47. The summed E-state index contributed by atoms with van der Waals surface area (Å²) in [5.41, 5.74) is 0. The van der Waals surface area contributed by atoms with Gasteiger partial charge in [0, 0.05) is 17.6 Å². The molecule has 1 aromatic heterocycles. The van der Waals surface area contributed by atoms with E-state index in [-0.39, 0.29) is 0 Å². The number of hydrogen-bond acceptors (Lipinski definition) is 3. The zero-order valence-electron chi connectivity index (χ0n) is 12.2. The number of fused-ring (bicyclic) bond motifs is 1. The van der Waals surface area contributed by atoms with Crippen LogP contribution in [0.3, 0.4) is 0 Å². The van der Waals surface area contributed by atoms with E-state index in [0.29, 0.717) is 12.0 Å². The lowest BCUT2D eigenvalue weighted by atomic mass is 9.86. The molecule has 20 heavy (non-hydrogen) atoms. The van der Waals surface area contributed by atoms with E-state index in [9.17, 15) is 0 Å². The van der Waals surface area contributed by atoms with Gasteiger partial charge in [0.2, 0.25) is 0 Å². The van der Waals surface area contributed by atoms with Crippen molar-refractivity contribution in [3.63, 3.8) is 0 Å². The number of pyridine rings is 1. The van der Waals surface area contributed by atoms with Gasteiger partial charge in [0.1, 0.15) is 11.6 Å². The first kappa shape index (κ1) is 13.2. The van der Waals surface area contributed by atoms with Gasteiger partial charge in [-0.05, 0) is 42.3 Å². The second-order valence-electron chi connectivity index (χ2n) is 5.76. The lowest BCUT2D eigenvalue weighted by molar-refractivity contribution is 0.349. The molecular formula is C17H22N2O. The van der Waals surface area contributed by atoms with E-state index in [2.05, 4.69) is 29.4 Å². The summed E-state index contributed by atoms with van der Waals surface area (Å²) in [5.74, 6) is 2.58. The topological polar surface area (TPSA) is 34.1 Å². The number of hydrogen-bond donors (Lipinski definition) is 1. The molecule has 1 N–H and O–H groups in total. The van der Waals surface area contributed by atoms with Crippen molar-refractivity contribution in [1.29, 1.82) is 0 Å². The Morgan fingerprint density at radius 2 is 2.05 bits per heavy atom. The summed E-state index contributed by atoms with van der Waals surface area (Å²) >= 11 is 0. The Hall–Kier alpha value is -1.77. The summed E-state index contributed by atoms with van der Waals surface area (Å²) in [5, 5.41) is 6.00. The molecule has 3 heteroatoms.